The van der Waals surface area contributed by atoms with Crippen LogP contribution >= 0.6 is 0 Å². The van der Waals surface area contributed by atoms with Gasteiger partial charge in [-0.15, -0.1) is 0 Å². The lowest BCUT2D eigenvalue weighted by Gasteiger charge is -2.20. The second kappa shape index (κ2) is 7.57. The number of hydrogen-bond donors (Lipinski definition) is 2. The van der Waals surface area contributed by atoms with E-state index in [-0.39, 0.29) is 5.92 Å². The fraction of sp³-hybridized carbons (Fsp3) is 0.300. The van der Waals surface area contributed by atoms with E-state index in [0.29, 0.717) is 23.5 Å². The van der Waals surface area contributed by atoms with Gasteiger partial charge in [0.2, 0.25) is 0 Å². The minimum Gasteiger partial charge on any atom is -0.480 e. The Kier molecular flexibility index (Phi) is 5.21. The minimum atomic E-state index is -1.04. The van der Waals surface area contributed by atoms with Gasteiger partial charge in [-0.1, -0.05) is 38.5 Å². The van der Waals surface area contributed by atoms with Crippen molar-refractivity contribution in [1.29, 1.82) is 0 Å². The van der Waals surface area contributed by atoms with E-state index in [0.717, 1.165) is 10.9 Å². The van der Waals surface area contributed by atoms with Crippen LogP contribution in [0, 0.1) is 12.8 Å². The van der Waals surface area contributed by atoms with Gasteiger partial charge in [0.1, 0.15) is 6.04 Å². The summed E-state index contributed by atoms with van der Waals surface area (Å²) in [5.41, 5.74) is 1.77. The molecule has 2 N–H and O–H groups in total. The van der Waals surface area contributed by atoms with Crippen LogP contribution in [0.25, 0.3) is 16.7 Å². The van der Waals surface area contributed by atoms with Gasteiger partial charge in [-0.2, -0.15) is 5.10 Å². The Morgan fingerprint density at radius 3 is 2.67 bits per heavy atom. The molecule has 0 aliphatic carbocycles. The van der Waals surface area contributed by atoms with E-state index in [1.54, 1.807) is 18.5 Å². The first kappa shape index (κ1) is 18.6. The molecule has 1 aromatic carbocycles. The van der Waals surface area contributed by atoms with Crippen LogP contribution < -0.4 is 5.32 Å². The second-order valence-corrected chi connectivity index (χ2v) is 6.59. The highest BCUT2D eigenvalue weighted by Gasteiger charge is 2.27. The van der Waals surface area contributed by atoms with Gasteiger partial charge in [0.05, 0.1) is 23.0 Å². The Bertz CT molecular complexity index is 996. The zero-order valence-electron chi connectivity index (χ0n) is 15.5. The van der Waals surface area contributed by atoms with Gasteiger partial charge in [-0.05, 0) is 31.0 Å². The van der Waals surface area contributed by atoms with Crippen LogP contribution in [0.2, 0.25) is 0 Å². The molecule has 0 bridgehead atoms. The maximum Gasteiger partial charge on any atom is 0.326 e. The lowest BCUT2D eigenvalue weighted by atomic mass is 9.99. The molecule has 7 heteroatoms. The number of para-hydroxylation sites is 1. The predicted molar refractivity (Wildman–Crippen MR) is 102 cm³/mol. The summed E-state index contributed by atoms with van der Waals surface area (Å²) >= 11 is 0. The number of pyridine rings is 1. The topological polar surface area (TPSA) is 97.1 Å². The zero-order valence-corrected chi connectivity index (χ0v) is 15.5. The number of nitrogens with one attached hydrogen (secondary N) is 1. The Labute approximate surface area is 157 Å². The number of benzene rings is 1. The Hall–Kier alpha value is -3.22. The van der Waals surface area contributed by atoms with Crippen molar-refractivity contribution in [3.63, 3.8) is 0 Å². The molecule has 0 saturated carbocycles. The quantitative estimate of drug-likeness (QED) is 0.699. The monoisotopic (exact) mass is 366 g/mol. The fourth-order valence-corrected chi connectivity index (χ4v) is 2.94. The van der Waals surface area contributed by atoms with Crippen molar-refractivity contribution >= 4 is 22.8 Å². The summed E-state index contributed by atoms with van der Waals surface area (Å²) in [6.07, 6.45) is 2.09. The van der Waals surface area contributed by atoms with Crippen molar-refractivity contribution in [2.24, 2.45) is 5.92 Å². The number of amides is 1. The molecule has 0 radical (unpaired) electrons. The molecule has 0 saturated heterocycles. The largest absolute Gasteiger partial charge is 0.480 e. The molecule has 0 spiro atoms. The van der Waals surface area contributed by atoms with E-state index < -0.39 is 17.9 Å². The number of fused-ring (bicyclic) bond motifs is 1. The molecule has 2 unspecified atom stereocenters. The van der Waals surface area contributed by atoms with Gasteiger partial charge in [-0.3, -0.25) is 4.79 Å². The molecule has 0 fully saturated rings. The standard InChI is InChI=1S/C20H22N4O3/c1-4-12(2)18(20(26)27)23-19(25)15-11-21-24(13(15)3)17-10-9-14-7-5-6-8-16(14)22-17/h5-12,18H,4H2,1-3H3,(H,23,25)(H,26,27). The number of carboxylic acids is 1. The van der Waals surface area contributed by atoms with E-state index in [2.05, 4.69) is 15.4 Å². The summed E-state index contributed by atoms with van der Waals surface area (Å²) in [4.78, 5) is 28.7. The first-order chi connectivity index (χ1) is 12.9. The van der Waals surface area contributed by atoms with Gasteiger partial charge in [0.15, 0.2) is 5.82 Å². The second-order valence-electron chi connectivity index (χ2n) is 6.59. The van der Waals surface area contributed by atoms with Crippen LogP contribution in [-0.4, -0.2) is 37.8 Å². The van der Waals surface area contributed by atoms with Crippen molar-refractivity contribution in [3.05, 3.63) is 53.9 Å². The highest BCUT2D eigenvalue weighted by molar-refractivity contribution is 5.97. The van der Waals surface area contributed by atoms with Crippen LogP contribution in [0.4, 0.5) is 0 Å². The number of aromatic nitrogens is 3. The number of nitrogens with zero attached hydrogens (tertiary/aromatic N) is 3. The molecular formula is C20H22N4O3. The summed E-state index contributed by atoms with van der Waals surface area (Å²) in [6, 6.07) is 10.6. The average Bonchev–Trinajstić information content (AvgIpc) is 3.06. The van der Waals surface area contributed by atoms with Crippen LogP contribution in [0.1, 0.15) is 36.3 Å². The SMILES string of the molecule is CCC(C)C(NC(=O)c1cnn(-c2ccc3ccccc3n2)c1C)C(=O)O. The lowest BCUT2D eigenvalue weighted by Crippen LogP contribution is -2.45. The summed E-state index contributed by atoms with van der Waals surface area (Å²) in [5.74, 6) is -1.07. The highest BCUT2D eigenvalue weighted by atomic mass is 16.4. The number of rotatable bonds is 6. The molecule has 0 aliphatic heterocycles. The third-order valence-electron chi connectivity index (χ3n) is 4.82. The Balaban J connectivity index is 1.89. The van der Waals surface area contributed by atoms with Crippen LogP contribution in [-0.2, 0) is 4.79 Å². The summed E-state index contributed by atoms with van der Waals surface area (Å²) in [7, 11) is 0. The molecule has 0 aliphatic rings. The Morgan fingerprint density at radius 2 is 1.96 bits per heavy atom. The molecule has 3 aromatic rings. The average molecular weight is 366 g/mol. The van der Waals surface area contributed by atoms with Crippen LogP contribution in [0.5, 0.6) is 0 Å². The number of carbonyl (C=O) groups is 2. The smallest absolute Gasteiger partial charge is 0.326 e. The predicted octanol–water partition coefficient (Wildman–Crippen LogP) is 2.96. The van der Waals surface area contributed by atoms with Crippen molar-refractivity contribution in [2.75, 3.05) is 0 Å². The zero-order chi connectivity index (χ0) is 19.6. The number of carbonyl (C=O) groups excluding carboxylic acids is 1. The Morgan fingerprint density at radius 1 is 1.22 bits per heavy atom. The van der Waals surface area contributed by atoms with E-state index in [1.165, 1.54) is 6.20 Å². The van der Waals surface area contributed by atoms with Gasteiger partial charge < -0.3 is 10.4 Å². The van der Waals surface area contributed by atoms with Crippen LogP contribution in [0.3, 0.4) is 0 Å². The van der Waals surface area contributed by atoms with Gasteiger partial charge in [0.25, 0.3) is 5.91 Å². The molecule has 140 valence electrons. The third-order valence-corrected chi connectivity index (χ3v) is 4.82. The third kappa shape index (κ3) is 3.67. The van der Waals surface area contributed by atoms with E-state index in [9.17, 15) is 14.7 Å². The molecule has 1 amide bonds. The fourth-order valence-electron chi connectivity index (χ4n) is 2.94. The van der Waals surface area contributed by atoms with Crippen molar-refractivity contribution in [1.82, 2.24) is 20.1 Å². The summed E-state index contributed by atoms with van der Waals surface area (Å²) < 4.78 is 1.58. The maximum atomic E-state index is 12.6. The van der Waals surface area contributed by atoms with Crippen LogP contribution in [0.15, 0.2) is 42.6 Å². The van der Waals surface area contributed by atoms with Crippen molar-refractivity contribution < 1.29 is 14.7 Å². The summed E-state index contributed by atoms with van der Waals surface area (Å²) in [6.45, 7) is 5.45. The van der Waals surface area contributed by atoms with E-state index >= 15 is 0 Å². The van der Waals surface area contributed by atoms with Gasteiger partial charge in [-0.25, -0.2) is 14.5 Å². The molecule has 27 heavy (non-hydrogen) atoms. The maximum absolute atomic E-state index is 12.6. The number of aliphatic carboxylic acids is 1. The molecule has 7 nitrogen and oxygen atoms in total. The lowest BCUT2D eigenvalue weighted by molar-refractivity contribution is -0.140. The van der Waals surface area contributed by atoms with Crippen molar-refractivity contribution in [2.45, 2.75) is 33.2 Å². The minimum absolute atomic E-state index is 0.177. The normalized spacial score (nSPS) is 13.3. The number of hydrogen-bond acceptors (Lipinski definition) is 4. The highest BCUT2D eigenvalue weighted by Crippen LogP contribution is 2.18. The number of carboxylic acid groups (broad SMARTS) is 1. The molecule has 2 atom stereocenters. The van der Waals surface area contributed by atoms with E-state index in [1.807, 2.05) is 43.3 Å². The molecule has 2 heterocycles. The van der Waals surface area contributed by atoms with Crippen molar-refractivity contribution in [3.8, 4) is 5.82 Å². The van der Waals surface area contributed by atoms with Gasteiger partial charge >= 0.3 is 5.97 Å². The first-order valence-electron chi connectivity index (χ1n) is 8.86. The summed E-state index contributed by atoms with van der Waals surface area (Å²) in [5, 5.41) is 17.3. The first-order valence-corrected chi connectivity index (χ1v) is 8.86. The molecule has 2 aromatic heterocycles. The van der Waals surface area contributed by atoms with E-state index in [4.69, 9.17) is 0 Å². The molecule has 3 rings (SSSR count). The van der Waals surface area contributed by atoms with Gasteiger partial charge in [0, 0.05) is 5.39 Å². The molecular weight excluding hydrogens is 344 g/mol.